The van der Waals surface area contributed by atoms with Crippen LogP contribution in [-0.2, 0) is 14.8 Å². The molecule has 0 bridgehead atoms. The van der Waals surface area contributed by atoms with Crippen molar-refractivity contribution in [1.29, 1.82) is 0 Å². The van der Waals surface area contributed by atoms with E-state index in [4.69, 9.17) is 9.15 Å². The first-order valence-corrected chi connectivity index (χ1v) is 10.2. The van der Waals surface area contributed by atoms with Crippen LogP contribution in [0.3, 0.4) is 0 Å². The van der Waals surface area contributed by atoms with Crippen LogP contribution in [0.5, 0.6) is 0 Å². The Morgan fingerprint density at radius 3 is 2.56 bits per heavy atom. The Kier molecular flexibility index (Phi) is 4.70. The molecule has 0 radical (unpaired) electrons. The molecule has 1 saturated carbocycles. The van der Waals surface area contributed by atoms with Gasteiger partial charge in [-0.15, -0.1) is 5.10 Å². The van der Waals surface area contributed by atoms with E-state index in [1.807, 2.05) is 0 Å². The van der Waals surface area contributed by atoms with Crippen molar-refractivity contribution in [3.8, 4) is 0 Å². The van der Waals surface area contributed by atoms with Crippen molar-refractivity contribution in [2.75, 3.05) is 19.0 Å². The third kappa shape index (κ3) is 3.73. The Morgan fingerprint density at radius 1 is 1.19 bits per heavy atom. The molecule has 2 aliphatic rings. The molecule has 1 aliphatic carbocycles. The highest BCUT2D eigenvalue weighted by atomic mass is 32.2. The second kappa shape index (κ2) is 7.02. The standard InChI is InChI=1S/C17H20N4O5S/c1-21(12-6-7-12)27(23,24)13-8-4-11(5-9-13)15(22)18-17-20-19-16(26-17)14-3-2-10-25-14/h4-5,8-9,12,14H,2-3,6-7,10H2,1H3,(H,18,20,22)/t14-/m1/s1. The predicted molar refractivity (Wildman–Crippen MR) is 94.6 cm³/mol. The largest absolute Gasteiger partial charge is 0.405 e. The van der Waals surface area contributed by atoms with Gasteiger partial charge in [-0.1, -0.05) is 5.10 Å². The molecule has 1 amide bonds. The van der Waals surface area contributed by atoms with E-state index in [1.165, 1.54) is 28.6 Å². The normalized spacial score (nSPS) is 20.1. The van der Waals surface area contributed by atoms with Gasteiger partial charge in [-0.25, -0.2) is 8.42 Å². The lowest BCUT2D eigenvalue weighted by atomic mass is 10.2. The van der Waals surface area contributed by atoms with Gasteiger partial charge in [0.25, 0.3) is 5.91 Å². The Balaban J connectivity index is 1.43. The first-order valence-electron chi connectivity index (χ1n) is 8.79. The summed E-state index contributed by atoms with van der Waals surface area (Å²) in [5.41, 5.74) is 0.292. The molecule has 1 saturated heterocycles. The number of rotatable bonds is 6. The predicted octanol–water partition coefficient (Wildman–Crippen LogP) is 1.96. The van der Waals surface area contributed by atoms with Crippen molar-refractivity contribution in [3.63, 3.8) is 0 Å². The minimum atomic E-state index is -3.54. The summed E-state index contributed by atoms with van der Waals surface area (Å²) in [6.45, 7) is 0.653. The van der Waals surface area contributed by atoms with E-state index < -0.39 is 15.9 Å². The monoisotopic (exact) mass is 392 g/mol. The molecule has 0 spiro atoms. The molecule has 144 valence electrons. The average Bonchev–Trinajstić information content (AvgIpc) is 3.16. The van der Waals surface area contributed by atoms with Crippen LogP contribution in [0.4, 0.5) is 6.01 Å². The summed E-state index contributed by atoms with van der Waals surface area (Å²) in [6.07, 6.45) is 3.28. The second-order valence-corrected chi connectivity index (χ2v) is 8.68. The molecule has 4 rings (SSSR count). The van der Waals surface area contributed by atoms with E-state index in [0.29, 0.717) is 18.1 Å². The number of benzene rings is 1. The quantitative estimate of drug-likeness (QED) is 0.799. The van der Waals surface area contributed by atoms with Gasteiger partial charge in [0.15, 0.2) is 0 Å². The zero-order valence-corrected chi connectivity index (χ0v) is 15.6. The van der Waals surface area contributed by atoms with E-state index in [2.05, 4.69) is 15.5 Å². The van der Waals surface area contributed by atoms with E-state index in [1.54, 1.807) is 7.05 Å². The van der Waals surface area contributed by atoms with Gasteiger partial charge in [-0.2, -0.15) is 4.31 Å². The number of amides is 1. The summed E-state index contributed by atoms with van der Waals surface area (Å²) in [6, 6.07) is 5.83. The molecular weight excluding hydrogens is 372 g/mol. The summed E-state index contributed by atoms with van der Waals surface area (Å²) in [7, 11) is -1.96. The molecule has 1 atom stereocenters. The van der Waals surface area contributed by atoms with Crippen molar-refractivity contribution in [2.45, 2.75) is 42.7 Å². The molecule has 0 unspecified atom stereocenters. The lowest BCUT2D eigenvalue weighted by Crippen LogP contribution is -2.29. The van der Waals surface area contributed by atoms with Gasteiger partial charge in [0.1, 0.15) is 6.10 Å². The van der Waals surface area contributed by atoms with Gasteiger partial charge in [-0.05, 0) is 49.9 Å². The van der Waals surface area contributed by atoms with Crippen molar-refractivity contribution in [3.05, 3.63) is 35.7 Å². The van der Waals surface area contributed by atoms with Gasteiger partial charge in [0, 0.05) is 25.3 Å². The molecule has 2 aromatic rings. The van der Waals surface area contributed by atoms with E-state index in [0.717, 1.165) is 25.7 Å². The highest BCUT2D eigenvalue weighted by Gasteiger charge is 2.35. The number of anilines is 1. The van der Waals surface area contributed by atoms with E-state index >= 15 is 0 Å². The lowest BCUT2D eigenvalue weighted by molar-refractivity contribution is 0.0893. The first-order chi connectivity index (χ1) is 12.9. The zero-order valence-electron chi connectivity index (χ0n) is 14.8. The first kappa shape index (κ1) is 18.1. The minimum absolute atomic E-state index is 0.0179. The summed E-state index contributed by atoms with van der Waals surface area (Å²) >= 11 is 0. The number of sulfonamides is 1. The molecular formula is C17H20N4O5S. The summed E-state index contributed by atoms with van der Waals surface area (Å²) in [4.78, 5) is 12.5. The lowest BCUT2D eigenvalue weighted by Gasteiger charge is -2.16. The van der Waals surface area contributed by atoms with Gasteiger partial charge in [-0.3, -0.25) is 10.1 Å². The Labute approximate surface area is 156 Å². The molecule has 1 aromatic heterocycles. The molecule has 2 fully saturated rings. The Morgan fingerprint density at radius 2 is 1.93 bits per heavy atom. The summed E-state index contributed by atoms with van der Waals surface area (Å²) in [5.74, 6) is -0.121. The molecule has 1 aliphatic heterocycles. The third-order valence-corrected chi connectivity index (χ3v) is 6.65. The Bertz CT molecular complexity index is 930. The van der Waals surface area contributed by atoms with E-state index in [-0.39, 0.29) is 23.1 Å². The number of aromatic nitrogens is 2. The molecule has 27 heavy (non-hydrogen) atoms. The zero-order chi connectivity index (χ0) is 19.0. The second-order valence-electron chi connectivity index (χ2n) is 6.68. The highest BCUT2D eigenvalue weighted by molar-refractivity contribution is 7.89. The molecule has 2 heterocycles. The summed E-state index contributed by atoms with van der Waals surface area (Å²) < 4.78 is 37.2. The van der Waals surface area contributed by atoms with Crippen molar-refractivity contribution in [1.82, 2.24) is 14.5 Å². The van der Waals surface area contributed by atoms with Crippen LogP contribution in [0.15, 0.2) is 33.6 Å². The van der Waals surface area contributed by atoms with Gasteiger partial charge in [0.2, 0.25) is 15.9 Å². The SMILES string of the molecule is CN(C1CC1)S(=O)(=O)c1ccc(C(=O)Nc2nnc([C@H]3CCCO3)o2)cc1. The van der Waals surface area contributed by atoms with Crippen LogP contribution in [0.2, 0.25) is 0 Å². The van der Waals surface area contributed by atoms with Crippen LogP contribution >= 0.6 is 0 Å². The molecule has 1 N–H and O–H groups in total. The topological polar surface area (TPSA) is 115 Å². The number of carbonyl (C=O) groups excluding carboxylic acids is 1. The van der Waals surface area contributed by atoms with Gasteiger partial charge in [0.05, 0.1) is 4.90 Å². The number of nitrogens with one attached hydrogen (secondary N) is 1. The minimum Gasteiger partial charge on any atom is -0.405 e. The molecule has 9 nitrogen and oxygen atoms in total. The van der Waals surface area contributed by atoms with Crippen molar-refractivity contribution in [2.24, 2.45) is 0 Å². The number of ether oxygens (including phenoxy) is 1. The number of carbonyl (C=O) groups is 1. The van der Waals surface area contributed by atoms with Gasteiger partial charge >= 0.3 is 6.01 Å². The van der Waals surface area contributed by atoms with Crippen molar-refractivity contribution < 1.29 is 22.4 Å². The van der Waals surface area contributed by atoms with Crippen LogP contribution < -0.4 is 5.32 Å². The number of nitrogens with zero attached hydrogens (tertiary/aromatic N) is 3. The maximum Gasteiger partial charge on any atom is 0.322 e. The molecule has 1 aromatic carbocycles. The van der Waals surface area contributed by atoms with Crippen LogP contribution in [-0.4, -0.2) is 48.5 Å². The fourth-order valence-corrected chi connectivity index (χ4v) is 4.35. The van der Waals surface area contributed by atoms with Crippen LogP contribution in [0, 0.1) is 0 Å². The average molecular weight is 392 g/mol. The van der Waals surface area contributed by atoms with Crippen molar-refractivity contribution >= 4 is 21.9 Å². The molecule has 10 heteroatoms. The maximum absolute atomic E-state index is 12.5. The fraction of sp³-hybridized carbons (Fsp3) is 0.471. The van der Waals surface area contributed by atoms with E-state index in [9.17, 15) is 13.2 Å². The van der Waals surface area contributed by atoms with Crippen LogP contribution in [0.25, 0.3) is 0 Å². The Hall–Kier alpha value is -2.30. The maximum atomic E-state index is 12.5. The number of hydrogen-bond acceptors (Lipinski definition) is 7. The van der Waals surface area contributed by atoms with Gasteiger partial charge < -0.3 is 9.15 Å². The third-order valence-electron chi connectivity index (χ3n) is 4.72. The summed E-state index contributed by atoms with van der Waals surface area (Å²) in [5, 5.41) is 10.2. The fourth-order valence-electron chi connectivity index (χ4n) is 2.94. The smallest absolute Gasteiger partial charge is 0.322 e. The number of hydrogen-bond donors (Lipinski definition) is 1. The highest BCUT2D eigenvalue weighted by Crippen LogP contribution is 2.30. The van der Waals surface area contributed by atoms with Crippen LogP contribution in [0.1, 0.15) is 48.0 Å².